The first kappa shape index (κ1) is 9.86. The molecule has 4 heteroatoms. The number of hydrogen-bond acceptors (Lipinski definition) is 3. The normalized spacial score (nSPS) is 9.87. The van der Waals surface area contributed by atoms with Gasteiger partial charge in [0, 0.05) is 23.4 Å². The summed E-state index contributed by atoms with van der Waals surface area (Å²) in [5.74, 6) is 0. The number of aromatic amines is 1. The molecule has 0 amide bonds. The molecule has 0 bridgehead atoms. The Balaban J connectivity index is 2.06. The first-order valence-electron chi connectivity index (χ1n) is 4.51. The van der Waals surface area contributed by atoms with E-state index in [1.165, 1.54) is 18.0 Å². The van der Waals surface area contributed by atoms with Crippen molar-refractivity contribution in [3.63, 3.8) is 0 Å². The Kier molecular flexibility index (Phi) is 3.09. The Bertz CT molecular complexity index is 481. The molecule has 1 aromatic carbocycles. The van der Waals surface area contributed by atoms with Crippen LogP contribution in [-0.2, 0) is 0 Å². The lowest BCUT2D eigenvalue weighted by Gasteiger charge is -2.03. The van der Waals surface area contributed by atoms with Crippen LogP contribution in [0.2, 0.25) is 0 Å². The summed E-state index contributed by atoms with van der Waals surface area (Å²) in [6.07, 6.45) is 3.26. The van der Waals surface area contributed by atoms with Crippen LogP contribution >= 0.6 is 11.9 Å². The predicted molar refractivity (Wildman–Crippen MR) is 63.0 cm³/mol. The third kappa shape index (κ3) is 2.63. The number of aromatic nitrogens is 1. The Morgan fingerprint density at radius 2 is 1.93 bits per heavy atom. The molecular formula is C11H10N2OS. The maximum Gasteiger partial charge on any atom is 0.205 e. The van der Waals surface area contributed by atoms with Crippen LogP contribution in [0.1, 0.15) is 0 Å². The molecule has 2 aromatic rings. The summed E-state index contributed by atoms with van der Waals surface area (Å²) in [6.45, 7) is 0. The minimum absolute atomic E-state index is 0.0165. The lowest BCUT2D eigenvalue weighted by Crippen LogP contribution is -2.04. The van der Waals surface area contributed by atoms with E-state index in [2.05, 4.69) is 9.71 Å². The number of H-pyrrole nitrogens is 1. The summed E-state index contributed by atoms with van der Waals surface area (Å²) < 4.78 is 3.00. The van der Waals surface area contributed by atoms with E-state index in [1.54, 1.807) is 12.4 Å². The lowest BCUT2D eigenvalue weighted by molar-refractivity contribution is 1.31. The second-order valence-corrected chi connectivity index (χ2v) is 3.82. The number of benzene rings is 1. The first-order chi connectivity index (χ1) is 7.36. The topological polar surface area (TPSA) is 44.9 Å². The van der Waals surface area contributed by atoms with Crippen LogP contribution in [0.4, 0.5) is 5.69 Å². The third-order valence-corrected chi connectivity index (χ3v) is 2.68. The maximum atomic E-state index is 11.3. The lowest BCUT2D eigenvalue weighted by atomic mass is 10.4. The van der Waals surface area contributed by atoms with Gasteiger partial charge in [0.25, 0.3) is 0 Å². The zero-order valence-electron chi connectivity index (χ0n) is 7.94. The van der Waals surface area contributed by atoms with Crippen molar-refractivity contribution in [2.75, 3.05) is 4.72 Å². The van der Waals surface area contributed by atoms with Gasteiger partial charge in [0.2, 0.25) is 5.43 Å². The Labute approximate surface area is 91.7 Å². The van der Waals surface area contributed by atoms with E-state index in [-0.39, 0.29) is 5.43 Å². The molecular weight excluding hydrogens is 208 g/mol. The fourth-order valence-electron chi connectivity index (χ4n) is 1.10. The average molecular weight is 218 g/mol. The molecule has 15 heavy (non-hydrogen) atoms. The van der Waals surface area contributed by atoms with Crippen molar-refractivity contribution in [2.45, 2.75) is 4.90 Å². The third-order valence-electron chi connectivity index (χ3n) is 1.85. The molecule has 0 spiro atoms. The smallest absolute Gasteiger partial charge is 0.205 e. The number of nitrogens with one attached hydrogen (secondary N) is 2. The van der Waals surface area contributed by atoms with E-state index in [0.29, 0.717) is 5.69 Å². The zero-order chi connectivity index (χ0) is 10.5. The minimum atomic E-state index is -0.0165. The molecule has 1 aromatic heterocycles. The standard InChI is InChI=1S/C11H10N2OS/c14-11-6-7-12-8-10(11)13-15-9-4-2-1-3-5-9/h1-8,13H,(H,12,14). The van der Waals surface area contributed by atoms with Gasteiger partial charge in [0.15, 0.2) is 0 Å². The van der Waals surface area contributed by atoms with Gasteiger partial charge in [-0.3, -0.25) is 4.79 Å². The molecule has 2 N–H and O–H groups in total. The molecule has 0 atom stereocenters. The number of anilines is 1. The van der Waals surface area contributed by atoms with Gasteiger partial charge in [-0.15, -0.1) is 0 Å². The SMILES string of the molecule is O=c1cc[nH]cc1NSc1ccccc1. The van der Waals surface area contributed by atoms with Crippen molar-refractivity contribution in [3.05, 3.63) is 59.0 Å². The van der Waals surface area contributed by atoms with E-state index in [0.717, 1.165) is 4.90 Å². The van der Waals surface area contributed by atoms with Crippen molar-refractivity contribution in [3.8, 4) is 0 Å². The second-order valence-electron chi connectivity index (χ2n) is 2.94. The van der Waals surface area contributed by atoms with Crippen LogP contribution in [0, 0.1) is 0 Å². The fraction of sp³-hybridized carbons (Fsp3) is 0. The van der Waals surface area contributed by atoms with Gasteiger partial charge in [-0.1, -0.05) is 18.2 Å². The Morgan fingerprint density at radius 1 is 1.13 bits per heavy atom. The molecule has 1 heterocycles. The quantitative estimate of drug-likeness (QED) is 0.778. The highest BCUT2D eigenvalue weighted by Gasteiger charge is 1.97. The van der Waals surface area contributed by atoms with Crippen molar-refractivity contribution in [2.24, 2.45) is 0 Å². The Hall–Kier alpha value is -1.68. The largest absolute Gasteiger partial charge is 0.366 e. The van der Waals surface area contributed by atoms with Crippen molar-refractivity contribution in [1.82, 2.24) is 4.98 Å². The molecule has 2 rings (SSSR count). The molecule has 3 nitrogen and oxygen atoms in total. The summed E-state index contributed by atoms with van der Waals surface area (Å²) in [6, 6.07) is 11.3. The predicted octanol–water partition coefficient (Wildman–Crippen LogP) is 2.49. The molecule has 76 valence electrons. The molecule has 0 unspecified atom stereocenters. The molecule has 0 aliphatic rings. The summed E-state index contributed by atoms with van der Waals surface area (Å²) >= 11 is 1.42. The molecule has 0 fully saturated rings. The van der Waals surface area contributed by atoms with Gasteiger partial charge in [0.05, 0.1) is 0 Å². The summed E-state index contributed by atoms with van der Waals surface area (Å²) in [4.78, 5) is 15.3. The van der Waals surface area contributed by atoms with E-state index < -0.39 is 0 Å². The highest BCUT2D eigenvalue weighted by molar-refractivity contribution is 8.00. The monoisotopic (exact) mass is 218 g/mol. The van der Waals surface area contributed by atoms with Crippen LogP contribution in [0.5, 0.6) is 0 Å². The molecule has 0 saturated heterocycles. The zero-order valence-corrected chi connectivity index (χ0v) is 8.75. The van der Waals surface area contributed by atoms with Crippen molar-refractivity contribution < 1.29 is 0 Å². The van der Waals surface area contributed by atoms with Crippen molar-refractivity contribution in [1.29, 1.82) is 0 Å². The fourth-order valence-corrected chi connectivity index (χ4v) is 1.78. The van der Waals surface area contributed by atoms with E-state index in [4.69, 9.17) is 0 Å². The summed E-state index contributed by atoms with van der Waals surface area (Å²) in [5, 5.41) is 0. The maximum absolute atomic E-state index is 11.3. The Morgan fingerprint density at radius 3 is 2.67 bits per heavy atom. The number of rotatable bonds is 3. The highest BCUT2D eigenvalue weighted by atomic mass is 32.2. The molecule has 0 radical (unpaired) electrons. The first-order valence-corrected chi connectivity index (χ1v) is 5.33. The van der Waals surface area contributed by atoms with Gasteiger partial charge < -0.3 is 9.71 Å². The van der Waals surface area contributed by atoms with Gasteiger partial charge in [-0.25, -0.2) is 0 Å². The number of pyridine rings is 1. The van der Waals surface area contributed by atoms with Crippen LogP contribution in [0.25, 0.3) is 0 Å². The minimum Gasteiger partial charge on any atom is -0.366 e. The van der Waals surface area contributed by atoms with Crippen LogP contribution in [0.3, 0.4) is 0 Å². The molecule has 0 saturated carbocycles. The van der Waals surface area contributed by atoms with Gasteiger partial charge in [-0.05, 0) is 24.1 Å². The average Bonchev–Trinajstić information content (AvgIpc) is 2.29. The molecule has 0 aliphatic heterocycles. The highest BCUT2D eigenvalue weighted by Crippen LogP contribution is 2.17. The second kappa shape index (κ2) is 4.70. The molecule has 0 aliphatic carbocycles. The summed E-state index contributed by atoms with van der Waals surface area (Å²) in [5.41, 5.74) is 0.545. The van der Waals surface area contributed by atoms with Gasteiger partial charge in [-0.2, -0.15) is 0 Å². The van der Waals surface area contributed by atoms with E-state index in [1.807, 2.05) is 30.3 Å². The van der Waals surface area contributed by atoms with Crippen molar-refractivity contribution >= 4 is 17.6 Å². The summed E-state index contributed by atoms with van der Waals surface area (Å²) in [7, 11) is 0. The van der Waals surface area contributed by atoms with Gasteiger partial charge >= 0.3 is 0 Å². The van der Waals surface area contributed by atoms with E-state index in [9.17, 15) is 4.79 Å². The van der Waals surface area contributed by atoms with Crippen LogP contribution < -0.4 is 10.2 Å². The van der Waals surface area contributed by atoms with E-state index >= 15 is 0 Å². The van der Waals surface area contributed by atoms with Crippen LogP contribution in [-0.4, -0.2) is 4.98 Å². The number of hydrogen-bond donors (Lipinski definition) is 2. The van der Waals surface area contributed by atoms with Crippen LogP contribution in [0.15, 0.2) is 58.5 Å². The van der Waals surface area contributed by atoms with Gasteiger partial charge in [0.1, 0.15) is 5.69 Å².